The third-order valence-corrected chi connectivity index (χ3v) is 5.93. The fourth-order valence-electron chi connectivity index (χ4n) is 4.28. The molecule has 0 radical (unpaired) electrons. The summed E-state index contributed by atoms with van der Waals surface area (Å²) in [6.45, 7) is 2.18. The molecule has 150 valence electrons. The van der Waals surface area contributed by atoms with Crippen LogP contribution < -0.4 is 4.90 Å². The van der Waals surface area contributed by atoms with Gasteiger partial charge in [-0.3, -0.25) is 9.13 Å². The van der Waals surface area contributed by atoms with E-state index in [0.717, 1.165) is 36.6 Å². The molecular formula is C20H20N10. The van der Waals surface area contributed by atoms with Gasteiger partial charge in [-0.05, 0) is 31.7 Å². The SMILES string of the molecule is CC[C@@H]1c2nncn2-c2cnc(-n3ccnc3-c3ncccn3)nc2N1C1CCC1. The highest BCUT2D eigenvalue weighted by Gasteiger charge is 2.39. The first-order valence-corrected chi connectivity index (χ1v) is 10.2. The van der Waals surface area contributed by atoms with Crippen LogP contribution in [0.2, 0.25) is 0 Å². The van der Waals surface area contributed by atoms with Crippen molar-refractivity contribution in [1.29, 1.82) is 0 Å². The fourth-order valence-corrected chi connectivity index (χ4v) is 4.28. The van der Waals surface area contributed by atoms with Gasteiger partial charge in [0.15, 0.2) is 23.3 Å². The van der Waals surface area contributed by atoms with Gasteiger partial charge in [0.05, 0.1) is 12.2 Å². The molecule has 0 spiro atoms. The third-order valence-electron chi connectivity index (χ3n) is 5.93. The molecule has 0 N–H and O–H groups in total. The van der Waals surface area contributed by atoms with E-state index in [1.54, 1.807) is 31.0 Å². The number of aromatic nitrogens is 9. The number of hydrogen-bond donors (Lipinski definition) is 0. The van der Waals surface area contributed by atoms with Crippen molar-refractivity contribution in [2.75, 3.05) is 4.90 Å². The monoisotopic (exact) mass is 400 g/mol. The first-order chi connectivity index (χ1) is 14.8. The van der Waals surface area contributed by atoms with Gasteiger partial charge in [0.25, 0.3) is 0 Å². The lowest BCUT2D eigenvalue weighted by Crippen LogP contribution is -2.46. The maximum Gasteiger partial charge on any atom is 0.237 e. The van der Waals surface area contributed by atoms with Crippen molar-refractivity contribution in [3.8, 4) is 23.3 Å². The van der Waals surface area contributed by atoms with Crippen LogP contribution in [0, 0.1) is 0 Å². The van der Waals surface area contributed by atoms with E-state index in [2.05, 4.69) is 42.0 Å². The number of rotatable bonds is 4. The summed E-state index contributed by atoms with van der Waals surface area (Å²) in [5.74, 6) is 3.56. The molecular weight excluding hydrogens is 380 g/mol. The highest BCUT2D eigenvalue weighted by atomic mass is 15.4. The van der Waals surface area contributed by atoms with Gasteiger partial charge in [0.2, 0.25) is 5.95 Å². The van der Waals surface area contributed by atoms with Crippen LogP contribution in [0.3, 0.4) is 0 Å². The molecule has 1 aliphatic carbocycles. The summed E-state index contributed by atoms with van der Waals surface area (Å²) >= 11 is 0. The number of fused-ring (bicyclic) bond motifs is 3. The lowest BCUT2D eigenvalue weighted by atomic mass is 9.89. The number of anilines is 1. The molecule has 1 fully saturated rings. The second-order valence-corrected chi connectivity index (χ2v) is 7.55. The number of imidazole rings is 1. The summed E-state index contributed by atoms with van der Waals surface area (Å²) < 4.78 is 3.84. The first kappa shape index (κ1) is 17.2. The zero-order chi connectivity index (χ0) is 20.1. The Morgan fingerprint density at radius 1 is 1.03 bits per heavy atom. The maximum atomic E-state index is 5.01. The molecule has 1 saturated carbocycles. The maximum absolute atomic E-state index is 5.01. The highest BCUT2D eigenvalue weighted by Crippen LogP contribution is 2.43. The van der Waals surface area contributed by atoms with Crippen molar-refractivity contribution in [2.45, 2.75) is 44.7 Å². The Bertz CT molecular complexity index is 1190. The summed E-state index contributed by atoms with van der Waals surface area (Å²) in [6, 6.07) is 2.39. The smallest absolute Gasteiger partial charge is 0.237 e. The van der Waals surface area contributed by atoms with Crippen LogP contribution in [0.4, 0.5) is 5.82 Å². The molecule has 6 rings (SSSR count). The normalized spacial score (nSPS) is 18.0. The molecule has 4 aromatic rings. The Labute approximate surface area is 172 Å². The molecule has 1 aliphatic heterocycles. The van der Waals surface area contributed by atoms with Gasteiger partial charge < -0.3 is 4.90 Å². The third kappa shape index (κ3) is 2.46. The Hall–Kier alpha value is -3.69. The molecule has 0 aromatic carbocycles. The van der Waals surface area contributed by atoms with Crippen LogP contribution in [0.5, 0.6) is 0 Å². The quantitative estimate of drug-likeness (QED) is 0.515. The highest BCUT2D eigenvalue weighted by molar-refractivity contribution is 5.63. The summed E-state index contributed by atoms with van der Waals surface area (Å²) in [5.41, 5.74) is 0.910. The fraction of sp³-hybridized carbons (Fsp3) is 0.350. The Kier molecular flexibility index (Phi) is 3.83. The molecule has 0 amide bonds. The molecule has 5 heterocycles. The van der Waals surface area contributed by atoms with E-state index in [-0.39, 0.29) is 6.04 Å². The Morgan fingerprint density at radius 3 is 2.67 bits per heavy atom. The average Bonchev–Trinajstić information content (AvgIpc) is 3.43. The zero-order valence-corrected chi connectivity index (χ0v) is 16.5. The first-order valence-electron chi connectivity index (χ1n) is 10.2. The molecule has 0 bridgehead atoms. The van der Waals surface area contributed by atoms with Crippen LogP contribution in [0.1, 0.15) is 44.5 Å². The summed E-state index contributed by atoms with van der Waals surface area (Å²) in [7, 11) is 0. The van der Waals surface area contributed by atoms with Gasteiger partial charge in [-0.2, -0.15) is 4.98 Å². The van der Waals surface area contributed by atoms with E-state index in [0.29, 0.717) is 23.6 Å². The molecule has 0 unspecified atom stereocenters. The Morgan fingerprint density at radius 2 is 1.90 bits per heavy atom. The topological polar surface area (TPSA) is 103 Å². The molecule has 30 heavy (non-hydrogen) atoms. The lowest BCUT2D eigenvalue weighted by molar-refractivity contribution is 0.341. The van der Waals surface area contributed by atoms with Crippen molar-refractivity contribution in [3.63, 3.8) is 0 Å². The van der Waals surface area contributed by atoms with Crippen molar-refractivity contribution < 1.29 is 0 Å². The summed E-state index contributed by atoms with van der Waals surface area (Å²) in [6.07, 6.45) is 15.1. The molecule has 0 saturated heterocycles. The van der Waals surface area contributed by atoms with Crippen LogP contribution in [0.25, 0.3) is 23.3 Å². The molecule has 4 aromatic heterocycles. The second kappa shape index (κ2) is 6.68. The largest absolute Gasteiger partial charge is 0.341 e. The summed E-state index contributed by atoms with van der Waals surface area (Å²) in [4.78, 5) is 25.2. The van der Waals surface area contributed by atoms with E-state index in [1.165, 1.54) is 6.42 Å². The van der Waals surface area contributed by atoms with E-state index in [1.807, 2.05) is 21.5 Å². The van der Waals surface area contributed by atoms with E-state index in [4.69, 9.17) is 4.98 Å². The minimum absolute atomic E-state index is 0.146. The van der Waals surface area contributed by atoms with Gasteiger partial charge in [-0.25, -0.2) is 19.9 Å². The van der Waals surface area contributed by atoms with E-state index >= 15 is 0 Å². The Balaban J connectivity index is 1.51. The van der Waals surface area contributed by atoms with Gasteiger partial charge >= 0.3 is 0 Å². The summed E-state index contributed by atoms with van der Waals surface area (Å²) in [5, 5.41) is 8.57. The minimum Gasteiger partial charge on any atom is -0.341 e. The van der Waals surface area contributed by atoms with Gasteiger partial charge in [0, 0.05) is 30.8 Å². The van der Waals surface area contributed by atoms with E-state index < -0.39 is 0 Å². The number of hydrogen-bond acceptors (Lipinski definition) is 8. The van der Waals surface area contributed by atoms with Crippen LogP contribution in [-0.2, 0) is 0 Å². The van der Waals surface area contributed by atoms with Crippen LogP contribution in [0.15, 0.2) is 43.4 Å². The number of nitrogens with zero attached hydrogens (tertiary/aromatic N) is 10. The zero-order valence-electron chi connectivity index (χ0n) is 16.5. The molecule has 1 atom stereocenters. The van der Waals surface area contributed by atoms with Crippen molar-refractivity contribution in [1.82, 2.24) is 44.3 Å². The van der Waals surface area contributed by atoms with Crippen molar-refractivity contribution in [3.05, 3.63) is 49.2 Å². The van der Waals surface area contributed by atoms with Gasteiger partial charge in [-0.1, -0.05) is 6.92 Å². The standard InChI is InChI=1S/C20H20N10/c1-2-14-18-27-25-12-29(18)15-11-24-20(26-17(15)30(14)13-5-3-6-13)28-10-9-23-19(28)16-21-7-4-8-22-16/h4,7-14H,2-3,5-6H2,1H3/t14-/m1/s1. The van der Waals surface area contributed by atoms with Crippen molar-refractivity contribution >= 4 is 5.82 Å². The predicted octanol–water partition coefficient (Wildman–Crippen LogP) is 2.52. The molecule has 10 heteroatoms. The minimum atomic E-state index is 0.146. The van der Waals surface area contributed by atoms with Gasteiger partial charge in [0.1, 0.15) is 12.0 Å². The lowest BCUT2D eigenvalue weighted by Gasteiger charge is -2.45. The second-order valence-electron chi connectivity index (χ2n) is 7.55. The van der Waals surface area contributed by atoms with Crippen LogP contribution >= 0.6 is 0 Å². The van der Waals surface area contributed by atoms with Gasteiger partial charge in [-0.15, -0.1) is 10.2 Å². The average molecular weight is 400 g/mol. The van der Waals surface area contributed by atoms with E-state index in [9.17, 15) is 0 Å². The molecule has 10 nitrogen and oxygen atoms in total. The van der Waals surface area contributed by atoms with Crippen LogP contribution in [-0.4, -0.2) is 50.3 Å². The molecule has 2 aliphatic rings. The predicted molar refractivity (Wildman–Crippen MR) is 108 cm³/mol. The van der Waals surface area contributed by atoms with Crippen molar-refractivity contribution in [2.24, 2.45) is 0 Å².